The van der Waals surface area contributed by atoms with Crippen molar-refractivity contribution in [3.05, 3.63) is 52.3 Å². The molecule has 1 aromatic heterocycles. The molecule has 2 aromatic carbocycles. The van der Waals surface area contributed by atoms with Crippen molar-refractivity contribution in [2.24, 2.45) is 0 Å². The first-order valence-corrected chi connectivity index (χ1v) is 10.9. The second-order valence-electron chi connectivity index (χ2n) is 6.41. The van der Waals surface area contributed by atoms with E-state index >= 15 is 0 Å². The van der Waals surface area contributed by atoms with Gasteiger partial charge in [-0.1, -0.05) is 11.6 Å². The summed E-state index contributed by atoms with van der Waals surface area (Å²) in [5, 5.41) is 0.532. The predicted molar refractivity (Wildman–Crippen MR) is 110 cm³/mol. The average molecular weight is 440 g/mol. The van der Waals surface area contributed by atoms with E-state index < -0.39 is 10.0 Å². The van der Waals surface area contributed by atoms with E-state index in [0.717, 1.165) is 13.1 Å². The molecular weight excluding hydrogens is 422 g/mol. The summed E-state index contributed by atoms with van der Waals surface area (Å²) in [7, 11) is -3.77. The molecule has 0 amide bonds. The highest BCUT2D eigenvalue weighted by molar-refractivity contribution is 7.92. The monoisotopic (exact) mass is 439 g/mol. The molecule has 1 saturated heterocycles. The third-order valence-electron chi connectivity index (χ3n) is 4.49. The number of nitrogens with zero attached hydrogens (tertiary/aromatic N) is 2. The molecule has 4 rings (SSSR count). The van der Waals surface area contributed by atoms with Crippen LogP contribution in [0, 0.1) is 4.84 Å². The van der Waals surface area contributed by atoms with E-state index in [1.165, 1.54) is 6.07 Å². The fourth-order valence-corrected chi connectivity index (χ4v) is 4.47. The van der Waals surface area contributed by atoms with Crippen molar-refractivity contribution in [3.8, 4) is 0 Å². The van der Waals surface area contributed by atoms with Gasteiger partial charge in [0.05, 0.1) is 30.3 Å². The van der Waals surface area contributed by atoms with Gasteiger partial charge in [0, 0.05) is 23.8 Å². The summed E-state index contributed by atoms with van der Waals surface area (Å²) in [6, 6.07) is 11.2. The lowest BCUT2D eigenvalue weighted by molar-refractivity contribution is 0.0234. The average Bonchev–Trinajstić information content (AvgIpc) is 2.99. The van der Waals surface area contributed by atoms with Crippen molar-refractivity contribution >= 4 is 50.6 Å². The number of anilines is 1. The van der Waals surface area contributed by atoms with Crippen molar-refractivity contribution in [3.63, 3.8) is 0 Å². The Balaban J connectivity index is 1.67. The molecule has 148 valence electrons. The number of hydrogen-bond acceptors (Lipinski definition) is 6. The molecule has 0 atom stereocenters. The Morgan fingerprint density at radius 3 is 2.54 bits per heavy atom. The Morgan fingerprint density at radius 2 is 1.82 bits per heavy atom. The maximum absolute atomic E-state index is 12.8. The van der Waals surface area contributed by atoms with E-state index in [1.807, 2.05) is 0 Å². The van der Waals surface area contributed by atoms with Gasteiger partial charge in [0.2, 0.25) is 0 Å². The van der Waals surface area contributed by atoms with Crippen LogP contribution in [0.2, 0.25) is 5.02 Å². The smallest absolute Gasteiger partial charge is 0.270 e. The van der Waals surface area contributed by atoms with Crippen LogP contribution >= 0.6 is 23.8 Å². The van der Waals surface area contributed by atoms with Gasteiger partial charge in [-0.25, -0.2) is 8.42 Å². The van der Waals surface area contributed by atoms with Gasteiger partial charge >= 0.3 is 0 Å². The molecule has 0 aliphatic carbocycles. The second-order valence-corrected chi connectivity index (χ2v) is 8.88. The topological polar surface area (TPSA) is 76.7 Å². The first-order chi connectivity index (χ1) is 13.4. The Hall–Kier alpha value is -1.91. The quantitative estimate of drug-likeness (QED) is 0.611. The minimum Gasteiger partial charge on any atom is -0.429 e. The van der Waals surface area contributed by atoms with E-state index in [9.17, 15) is 8.42 Å². The predicted octanol–water partition coefficient (Wildman–Crippen LogP) is 3.71. The third-order valence-corrected chi connectivity index (χ3v) is 6.43. The number of benzene rings is 2. The largest absolute Gasteiger partial charge is 0.429 e. The zero-order chi connectivity index (χ0) is 19.7. The summed E-state index contributed by atoms with van der Waals surface area (Å²) in [6.07, 6.45) is 0. The van der Waals surface area contributed by atoms with E-state index in [4.69, 9.17) is 33.0 Å². The SMILES string of the molecule is O=S(=O)(Nc1ccc(Cl)cc1)c1ccc2oc(=S)n(CN3CCOCC3)c2c1. The minimum atomic E-state index is -3.77. The lowest BCUT2D eigenvalue weighted by atomic mass is 10.3. The highest BCUT2D eigenvalue weighted by atomic mass is 35.5. The van der Waals surface area contributed by atoms with Gasteiger partial charge in [0.15, 0.2) is 5.58 Å². The van der Waals surface area contributed by atoms with E-state index in [1.54, 1.807) is 41.0 Å². The van der Waals surface area contributed by atoms with Gasteiger partial charge in [-0.15, -0.1) is 0 Å². The van der Waals surface area contributed by atoms with Gasteiger partial charge in [-0.05, 0) is 54.7 Å². The molecule has 28 heavy (non-hydrogen) atoms. The van der Waals surface area contributed by atoms with Crippen molar-refractivity contribution in [1.29, 1.82) is 0 Å². The number of ether oxygens (including phenoxy) is 1. The molecule has 0 radical (unpaired) electrons. The number of sulfonamides is 1. The van der Waals surface area contributed by atoms with E-state index in [0.29, 0.717) is 46.5 Å². The summed E-state index contributed by atoms with van der Waals surface area (Å²) in [6.45, 7) is 3.40. The molecule has 0 bridgehead atoms. The molecule has 1 fully saturated rings. The van der Waals surface area contributed by atoms with E-state index in [2.05, 4.69) is 9.62 Å². The zero-order valence-electron chi connectivity index (χ0n) is 14.8. The number of nitrogens with one attached hydrogen (secondary N) is 1. The van der Waals surface area contributed by atoms with Crippen LogP contribution in [-0.2, 0) is 21.4 Å². The molecule has 10 heteroatoms. The van der Waals surface area contributed by atoms with Crippen LogP contribution in [0.5, 0.6) is 0 Å². The summed E-state index contributed by atoms with van der Waals surface area (Å²) in [5.41, 5.74) is 1.61. The Kier molecular flexibility index (Phi) is 5.44. The summed E-state index contributed by atoms with van der Waals surface area (Å²) < 4.78 is 41.0. The minimum absolute atomic E-state index is 0.126. The van der Waals surface area contributed by atoms with Gasteiger partial charge in [0.1, 0.15) is 0 Å². The molecule has 7 nitrogen and oxygen atoms in total. The van der Waals surface area contributed by atoms with Crippen LogP contribution in [0.15, 0.2) is 51.8 Å². The zero-order valence-corrected chi connectivity index (χ0v) is 17.2. The highest BCUT2D eigenvalue weighted by Gasteiger charge is 2.19. The van der Waals surface area contributed by atoms with Crippen LogP contribution in [0.25, 0.3) is 11.1 Å². The fourth-order valence-electron chi connectivity index (χ4n) is 3.02. The number of oxazole rings is 1. The molecule has 0 unspecified atom stereocenters. The van der Waals surface area contributed by atoms with Crippen LogP contribution in [0.1, 0.15) is 0 Å². The molecular formula is C18H18ClN3O4S2. The molecule has 1 aliphatic heterocycles. The molecule has 0 saturated carbocycles. The number of fused-ring (bicyclic) bond motifs is 1. The number of morpholine rings is 1. The van der Waals surface area contributed by atoms with Crippen LogP contribution in [0.3, 0.4) is 0 Å². The summed E-state index contributed by atoms with van der Waals surface area (Å²) >= 11 is 11.2. The normalized spacial score (nSPS) is 15.8. The van der Waals surface area contributed by atoms with Crippen LogP contribution < -0.4 is 4.72 Å². The first-order valence-electron chi connectivity index (χ1n) is 8.64. The molecule has 1 N–H and O–H groups in total. The molecule has 1 aliphatic rings. The lowest BCUT2D eigenvalue weighted by Crippen LogP contribution is -2.37. The number of hydrogen-bond donors (Lipinski definition) is 1. The Morgan fingerprint density at radius 1 is 1.11 bits per heavy atom. The fraction of sp³-hybridized carbons (Fsp3) is 0.278. The first kappa shape index (κ1) is 19.4. The van der Waals surface area contributed by atoms with Crippen LogP contribution in [-0.4, -0.2) is 44.2 Å². The maximum atomic E-state index is 12.8. The molecule has 3 aromatic rings. The maximum Gasteiger partial charge on any atom is 0.270 e. The molecule has 2 heterocycles. The summed E-state index contributed by atoms with van der Waals surface area (Å²) in [4.78, 5) is 2.62. The Bertz CT molecular complexity index is 1150. The Labute approximate surface area is 172 Å². The standard InChI is InChI=1S/C18H18ClN3O4S2/c19-13-1-3-14(4-2-13)20-28(23,24)15-5-6-17-16(11-15)22(18(27)26-17)12-21-7-9-25-10-8-21/h1-6,11,20H,7-10,12H2. The van der Waals surface area contributed by atoms with Crippen LogP contribution in [0.4, 0.5) is 5.69 Å². The summed E-state index contributed by atoms with van der Waals surface area (Å²) in [5.74, 6) is 0. The van der Waals surface area contributed by atoms with Gasteiger partial charge in [-0.2, -0.15) is 0 Å². The van der Waals surface area contributed by atoms with Gasteiger partial charge < -0.3 is 9.15 Å². The number of halogens is 1. The van der Waals surface area contributed by atoms with Gasteiger partial charge in [0.25, 0.3) is 14.9 Å². The highest BCUT2D eigenvalue weighted by Crippen LogP contribution is 2.24. The van der Waals surface area contributed by atoms with Gasteiger partial charge in [-0.3, -0.25) is 14.2 Å². The van der Waals surface area contributed by atoms with E-state index in [-0.39, 0.29) is 4.90 Å². The van der Waals surface area contributed by atoms with Crippen molar-refractivity contribution in [2.45, 2.75) is 11.6 Å². The molecule has 0 spiro atoms. The third kappa shape index (κ3) is 4.08. The number of rotatable bonds is 5. The van der Waals surface area contributed by atoms with Crippen molar-refractivity contribution in [2.75, 3.05) is 31.0 Å². The van der Waals surface area contributed by atoms with Crippen molar-refractivity contribution < 1.29 is 17.6 Å². The van der Waals surface area contributed by atoms with Crippen molar-refractivity contribution in [1.82, 2.24) is 9.47 Å². The number of aromatic nitrogens is 1. The second kappa shape index (κ2) is 7.84. The lowest BCUT2D eigenvalue weighted by Gasteiger charge is -2.26.